The third kappa shape index (κ3) is 35.9. The minimum Gasteiger partial charge on any atom is -0.480 e. The molecular formula is C38H75N7O12. The fraction of sp³-hybridized carbons (Fsp3) is 0.842. The van der Waals surface area contributed by atoms with Gasteiger partial charge in [0, 0.05) is 79.0 Å². The molecule has 0 saturated carbocycles. The molecular weight excluding hydrogens is 746 g/mol. The summed E-state index contributed by atoms with van der Waals surface area (Å²) in [5.74, 6) is -1.18. The Balaban J connectivity index is 0. The smallest absolute Gasteiger partial charge is 0.317 e. The van der Waals surface area contributed by atoms with E-state index in [1.54, 1.807) is 0 Å². The Labute approximate surface area is 340 Å². The van der Waals surface area contributed by atoms with Crippen LogP contribution in [0.4, 0.5) is 0 Å². The number of aliphatic carboxylic acids is 1. The molecule has 1 unspecified atom stereocenters. The monoisotopic (exact) mass is 822 g/mol. The van der Waals surface area contributed by atoms with E-state index in [1.165, 1.54) is 13.8 Å². The van der Waals surface area contributed by atoms with E-state index in [1.807, 2.05) is 33.4 Å². The Bertz CT molecular complexity index is 1060. The molecule has 6 N–H and O–H groups in total. The molecule has 0 aliphatic carbocycles. The molecule has 1 aliphatic heterocycles. The lowest BCUT2D eigenvalue weighted by Crippen LogP contribution is -2.49. The Morgan fingerprint density at radius 3 is 1.54 bits per heavy atom. The van der Waals surface area contributed by atoms with Crippen molar-refractivity contribution >= 4 is 35.6 Å². The highest BCUT2D eigenvalue weighted by Gasteiger charge is 2.19. The highest BCUT2D eigenvalue weighted by atomic mass is 16.6. The summed E-state index contributed by atoms with van der Waals surface area (Å²) in [5.41, 5.74) is 5.69. The number of carboxylic acid groups (broad SMARTS) is 1. The second-order valence-corrected chi connectivity index (χ2v) is 13.0. The summed E-state index contributed by atoms with van der Waals surface area (Å²) in [6.45, 7) is 15.4. The molecule has 0 radical (unpaired) electrons. The van der Waals surface area contributed by atoms with Gasteiger partial charge in [-0.1, -0.05) is 13.8 Å². The first-order valence-electron chi connectivity index (χ1n) is 20.1. The van der Waals surface area contributed by atoms with E-state index in [0.29, 0.717) is 125 Å². The zero-order chi connectivity index (χ0) is 43.1. The van der Waals surface area contributed by atoms with E-state index in [2.05, 4.69) is 10.6 Å². The number of nitrogens with two attached hydrogens (primary N) is 1. The second kappa shape index (κ2) is 39.8. The molecule has 19 heteroatoms. The molecule has 0 bridgehead atoms. The van der Waals surface area contributed by atoms with Gasteiger partial charge in [0.2, 0.25) is 11.8 Å². The molecule has 1 atom stereocenters. The number of aldehydes is 1. The number of unbranched alkanes of at least 4 members (excludes halogenated alkanes) is 1. The first kappa shape index (κ1) is 56.1. The number of nitrogens with zero attached hydrogens (tertiary/aromatic N) is 4. The van der Waals surface area contributed by atoms with Crippen LogP contribution in [-0.2, 0) is 47.7 Å². The molecule has 1 saturated heterocycles. The maximum absolute atomic E-state index is 12.8. The van der Waals surface area contributed by atoms with Crippen LogP contribution < -0.4 is 16.4 Å². The fourth-order valence-electron chi connectivity index (χ4n) is 5.30. The van der Waals surface area contributed by atoms with Crippen molar-refractivity contribution in [3.05, 3.63) is 0 Å². The standard InChI is InChI=1S/C35H65N7O11.C2H6.CH4O/c1-30(44)27-40-13-15-41(11-9-39(17-18-43)10-12-42(16-14-40)29-35(48)49)28-34(47)38-8-20-51-22-24-53-26-25-52-23-21-50-19-6-33(46)37-7-4-3-5-32(36)31(2)45;2*1-2/h18,32H,3-17,19-29,36H2,1-2H3,(H,37,46)(H,38,47)(H,48,49);1-2H3;2H,1H3. The Morgan fingerprint density at radius 2 is 1.07 bits per heavy atom. The summed E-state index contributed by atoms with van der Waals surface area (Å²) in [6.07, 6.45) is 3.26. The number of carbonyl (C=O) groups excluding carboxylic acids is 5. The molecule has 2 amide bonds. The number of hydrogen-bond donors (Lipinski definition) is 5. The number of carboxylic acids is 1. The van der Waals surface area contributed by atoms with Crippen molar-refractivity contribution in [2.24, 2.45) is 5.73 Å². The topological polar surface area (TPSA) is 243 Å². The molecule has 1 aliphatic rings. The fourth-order valence-corrected chi connectivity index (χ4v) is 5.30. The molecule has 1 heterocycles. The molecule has 1 rings (SSSR count). The third-order valence-electron chi connectivity index (χ3n) is 8.38. The van der Waals surface area contributed by atoms with E-state index in [0.717, 1.165) is 26.2 Å². The van der Waals surface area contributed by atoms with Gasteiger partial charge in [-0.25, -0.2) is 0 Å². The number of rotatable bonds is 29. The largest absolute Gasteiger partial charge is 0.480 e. The summed E-state index contributed by atoms with van der Waals surface area (Å²) in [7, 11) is 1.00. The first-order valence-corrected chi connectivity index (χ1v) is 20.1. The zero-order valence-electron chi connectivity index (χ0n) is 35.4. The quantitative estimate of drug-likeness (QED) is 0.0426. The molecule has 0 aromatic carbocycles. The van der Waals surface area contributed by atoms with Gasteiger partial charge in [-0.3, -0.25) is 43.6 Å². The van der Waals surface area contributed by atoms with Crippen LogP contribution in [0.5, 0.6) is 0 Å². The average Bonchev–Trinajstić information content (AvgIpc) is 3.18. The lowest BCUT2D eigenvalue weighted by Gasteiger charge is -2.33. The number of ketones is 2. The Hall–Kier alpha value is -2.98. The van der Waals surface area contributed by atoms with Gasteiger partial charge in [-0.05, 0) is 33.1 Å². The summed E-state index contributed by atoms with van der Waals surface area (Å²) >= 11 is 0. The zero-order valence-corrected chi connectivity index (χ0v) is 35.4. The number of aliphatic hydroxyl groups excluding tert-OH is 1. The van der Waals surface area contributed by atoms with Crippen molar-refractivity contribution in [3.63, 3.8) is 0 Å². The van der Waals surface area contributed by atoms with Gasteiger partial charge in [0.05, 0.1) is 85.1 Å². The Morgan fingerprint density at radius 1 is 0.632 bits per heavy atom. The summed E-state index contributed by atoms with van der Waals surface area (Å²) < 4.78 is 21.9. The van der Waals surface area contributed by atoms with Crippen molar-refractivity contribution in [2.75, 3.05) is 152 Å². The maximum Gasteiger partial charge on any atom is 0.317 e. The predicted molar refractivity (Wildman–Crippen MR) is 216 cm³/mol. The van der Waals surface area contributed by atoms with Gasteiger partial charge in [-0.2, -0.15) is 0 Å². The number of amides is 2. The van der Waals surface area contributed by atoms with Crippen LogP contribution >= 0.6 is 0 Å². The minimum atomic E-state index is -0.927. The van der Waals surface area contributed by atoms with Crippen molar-refractivity contribution in [3.8, 4) is 0 Å². The van der Waals surface area contributed by atoms with Crippen molar-refractivity contribution in [1.29, 1.82) is 0 Å². The number of nitrogens with one attached hydrogen (secondary N) is 2. The van der Waals surface area contributed by atoms with E-state index < -0.39 is 12.0 Å². The van der Waals surface area contributed by atoms with E-state index >= 15 is 0 Å². The van der Waals surface area contributed by atoms with Crippen LogP contribution in [0.2, 0.25) is 0 Å². The maximum atomic E-state index is 12.8. The van der Waals surface area contributed by atoms with E-state index in [4.69, 9.17) is 29.8 Å². The van der Waals surface area contributed by atoms with Crippen LogP contribution in [0.1, 0.15) is 53.4 Å². The average molecular weight is 822 g/mol. The highest BCUT2D eigenvalue weighted by molar-refractivity contribution is 5.81. The summed E-state index contributed by atoms with van der Waals surface area (Å²) in [4.78, 5) is 78.0. The van der Waals surface area contributed by atoms with Gasteiger partial charge in [0.25, 0.3) is 0 Å². The molecule has 334 valence electrons. The van der Waals surface area contributed by atoms with Crippen LogP contribution in [-0.4, -0.2) is 223 Å². The van der Waals surface area contributed by atoms with Crippen molar-refractivity contribution in [1.82, 2.24) is 30.2 Å². The second-order valence-electron chi connectivity index (χ2n) is 13.0. The highest BCUT2D eigenvalue weighted by Crippen LogP contribution is 2.02. The minimum absolute atomic E-state index is 0.0118. The van der Waals surface area contributed by atoms with Crippen molar-refractivity contribution < 1.29 is 57.9 Å². The molecule has 19 nitrogen and oxygen atoms in total. The number of Topliss-reactive ketones (excluding diaryl/α,β-unsaturated/α-hetero) is 2. The lowest BCUT2D eigenvalue weighted by molar-refractivity contribution is -0.138. The van der Waals surface area contributed by atoms with Crippen LogP contribution in [0.25, 0.3) is 0 Å². The summed E-state index contributed by atoms with van der Waals surface area (Å²) in [6, 6.07) is -0.427. The van der Waals surface area contributed by atoms with Gasteiger partial charge >= 0.3 is 5.97 Å². The van der Waals surface area contributed by atoms with E-state index in [-0.39, 0.29) is 56.0 Å². The number of hydrogen-bond acceptors (Lipinski definition) is 16. The molecule has 0 aromatic rings. The van der Waals surface area contributed by atoms with Gasteiger partial charge in [0.15, 0.2) is 0 Å². The number of carbonyl (C=O) groups is 6. The van der Waals surface area contributed by atoms with Crippen LogP contribution in [0.15, 0.2) is 0 Å². The van der Waals surface area contributed by atoms with E-state index in [9.17, 15) is 33.9 Å². The molecule has 57 heavy (non-hydrogen) atoms. The van der Waals surface area contributed by atoms with Crippen molar-refractivity contribution in [2.45, 2.75) is 59.4 Å². The molecule has 1 fully saturated rings. The summed E-state index contributed by atoms with van der Waals surface area (Å²) in [5, 5.41) is 22.0. The number of aliphatic hydroxyl groups is 1. The molecule has 0 aromatic heterocycles. The SMILES string of the molecule is CC.CC(=O)CN1CCN(CC(=O)O)CCN(CC=O)CCN(CC(=O)NCCOCCOCCOCCOCCC(=O)NCCCCC(N)C(C)=O)CC1.CO. The third-order valence-corrected chi connectivity index (χ3v) is 8.38. The van der Waals surface area contributed by atoms with Gasteiger partial charge in [0.1, 0.15) is 17.9 Å². The van der Waals surface area contributed by atoms with Gasteiger partial charge < -0.3 is 50.3 Å². The molecule has 0 spiro atoms. The Kier molecular flexibility index (Phi) is 39.2. The van der Waals surface area contributed by atoms with Crippen LogP contribution in [0, 0.1) is 0 Å². The lowest BCUT2D eigenvalue weighted by atomic mass is 10.1. The normalized spacial score (nSPS) is 15.4. The predicted octanol–water partition coefficient (Wildman–Crippen LogP) is -1.51. The first-order chi connectivity index (χ1) is 27.5. The van der Waals surface area contributed by atoms with Gasteiger partial charge in [-0.15, -0.1) is 0 Å². The van der Waals surface area contributed by atoms with Crippen LogP contribution in [0.3, 0.4) is 0 Å². The number of ether oxygens (including phenoxy) is 4.